The number of benzene rings is 1. The molecule has 0 saturated carbocycles. The summed E-state index contributed by atoms with van der Waals surface area (Å²) >= 11 is 0.980. The molecule has 0 aliphatic carbocycles. The number of ether oxygens (including phenoxy) is 1. The molecule has 1 aromatic carbocycles. The number of anilines is 1. The molecule has 0 aliphatic rings. The normalized spacial score (nSPS) is 11.4. The average molecular weight is 397 g/mol. The summed E-state index contributed by atoms with van der Waals surface area (Å²) in [7, 11) is -2.17. The molecule has 2 aromatic rings. The lowest BCUT2D eigenvalue weighted by molar-refractivity contribution is -0.116. The molecular weight excluding hydrogens is 378 g/mol. The second-order valence-corrected chi connectivity index (χ2v) is 8.44. The second kappa shape index (κ2) is 8.39. The lowest BCUT2D eigenvalue weighted by Gasteiger charge is -2.12. The highest BCUT2D eigenvalue weighted by molar-refractivity contribution is 7.88. The minimum Gasteiger partial charge on any atom is -0.462 e. The molecule has 0 unspecified atom stereocenters. The quantitative estimate of drug-likeness (QED) is 0.715. The second-order valence-electron chi connectivity index (χ2n) is 5.35. The van der Waals surface area contributed by atoms with Crippen LogP contribution < -0.4 is 5.32 Å². The van der Waals surface area contributed by atoms with Crippen LogP contribution in [0, 0.1) is 0 Å². The van der Waals surface area contributed by atoms with Gasteiger partial charge in [0.25, 0.3) is 0 Å². The Bertz CT molecular complexity index is 894. The summed E-state index contributed by atoms with van der Waals surface area (Å²) in [6.07, 6.45) is 1.01. The molecule has 1 N–H and O–H groups in total. The van der Waals surface area contributed by atoms with E-state index < -0.39 is 21.9 Å². The SMILES string of the molecule is CCOC(=O)c1sc(NC(=O)CN(C)S(C)(=O)=O)nc1-c1ccccc1. The lowest BCUT2D eigenvalue weighted by atomic mass is 10.1. The molecule has 0 bridgehead atoms. The highest BCUT2D eigenvalue weighted by Crippen LogP contribution is 2.31. The van der Waals surface area contributed by atoms with Crippen LogP contribution in [-0.4, -0.2) is 56.0 Å². The summed E-state index contributed by atoms with van der Waals surface area (Å²) in [6, 6.07) is 9.04. The number of amides is 1. The molecule has 0 fully saturated rings. The molecule has 140 valence electrons. The molecular formula is C16H19N3O5S2. The predicted octanol–water partition coefficient (Wildman–Crippen LogP) is 1.82. The van der Waals surface area contributed by atoms with Gasteiger partial charge in [0.15, 0.2) is 5.13 Å². The molecule has 0 atom stereocenters. The van der Waals surface area contributed by atoms with Crippen molar-refractivity contribution in [2.24, 2.45) is 0 Å². The molecule has 0 radical (unpaired) electrons. The fraction of sp³-hybridized carbons (Fsp3) is 0.312. The van der Waals surface area contributed by atoms with E-state index in [4.69, 9.17) is 4.74 Å². The molecule has 0 saturated heterocycles. The van der Waals surface area contributed by atoms with Crippen LogP contribution in [-0.2, 0) is 19.6 Å². The summed E-state index contributed by atoms with van der Waals surface area (Å²) < 4.78 is 28.8. The molecule has 2 rings (SSSR count). The van der Waals surface area contributed by atoms with Gasteiger partial charge in [-0.1, -0.05) is 41.7 Å². The van der Waals surface area contributed by atoms with E-state index in [1.165, 1.54) is 7.05 Å². The summed E-state index contributed by atoms with van der Waals surface area (Å²) in [6.45, 7) is 1.56. The summed E-state index contributed by atoms with van der Waals surface area (Å²) in [5.74, 6) is -1.08. The van der Waals surface area contributed by atoms with Gasteiger partial charge < -0.3 is 10.1 Å². The molecule has 0 aliphatic heterocycles. The molecule has 0 spiro atoms. The molecule has 10 heteroatoms. The number of nitrogens with zero attached hydrogens (tertiary/aromatic N) is 2. The van der Waals surface area contributed by atoms with E-state index in [9.17, 15) is 18.0 Å². The van der Waals surface area contributed by atoms with Crippen molar-refractivity contribution in [1.29, 1.82) is 0 Å². The van der Waals surface area contributed by atoms with Crippen molar-refractivity contribution in [2.45, 2.75) is 6.92 Å². The minimum atomic E-state index is -3.48. The first kappa shape index (κ1) is 20.0. The van der Waals surface area contributed by atoms with Gasteiger partial charge in [-0.15, -0.1) is 0 Å². The number of carbonyl (C=O) groups is 2. The Morgan fingerprint density at radius 1 is 1.27 bits per heavy atom. The maximum atomic E-state index is 12.2. The Morgan fingerprint density at radius 3 is 2.50 bits per heavy atom. The smallest absolute Gasteiger partial charge is 0.350 e. The topological polar surface area (TPSA) is 106 Å². The summed E-state index contributed by atoms with van der Waals surface area (Å²) in [5, 5.41) is 2.72. The van der Waals surface area contributed by atoms with E-state index in [0.29, 0.717) is 11.3 Å². The van der Waals surface area contributed by atoms with Crippen LogP contribution in [0.3, 0.4) is 0 Å². The third-order valence-corrected chi connectivity index (χ3v) is 5.53. The highest BCUT2D eigenvalue weighted by atomic mass is 32.2. The molecule has 1 amide bonds. The lowest BCUT2D eigenvalue weighted by Crippen LogP contribution is -2.34. The number of thiazole rings is 1. The van der Waals surface area contributed by atoms with Gasteiger partial charge in [-0.3, -0.25) is 4.79 Å². The van der Waals surface area contributed by atoms with E-state index in [2.05, 4.69) is 10.3 Å². The maximum absolute atomic E-state index is 12.2. The van der Waals surface area contributed by atoms with Gasteiger partial charge in [-0.05, 0) is 6.92 Å². The van der Waals surface area contributed by atoms with Crippen molar-refractivity contribution in [3.63, 3.8) is 0 Å². The number of hydrogen-bond donors (Lipinski definition) is 1. The van der Waals surface area contributed by atoms with Crippen LogP contribution in [0.5, 0.6) is 0 Å². The largest absolute Gasteiger partial charge is 0.462 e. The van der Waals surface area contributed by atoms with Crippen LogP contribution in [0.2, 0.25) is 0 Å². The first-order valence-electron chi connectivity index (χ1n) is 7.67. The molecule has 1 heterocycles. The van der Waals surface area contributed by atoms with Crippen LogP contribution in [0.1, 0.15) is 16.6 Å². The number of rotatable bonds is 7. The number of hydrogen-bond acceptors (Lipinski definition) is 7. The summed E-state index contributed by atoms with van der Waals surface area (Å²) in [5.41, 5.74) is 1.11. The van der Waals surface area contributed by atoms with Gasteiger partial charge >= 0.3 is 5.97 Å². The minimum absolute atomic E-state index is 0.193. The zero-order chi connectivity index (χ0) is 19.3. The fourth-order valence-electron chi connectivity index (χ4n) is 1.98. The van der Waals surface area contributed by atoms with Crippen LogP contribution >= 0.6 is 11.3 Å². The average Bonchev–Trinajstić information content (AvgIpc) is 2.98. The molecule has 8 nitrogen and oxygen atoms in total. The molecule has 1 aromatic heterocycles. The van der Waals surface area contributed by atoms with Crippen molar-refractivity contribution in [1.82, 2.24) is 9.29 Å². The predicted molar refractivity (Wildman–Crippen MR) is 99.6 cm³/mol. The number of carbonyl (C=O) groups excluding carboxylic acids is 2. The number of likely N-dealkylation sites (N-methyl/N-ethyl adjacent to an activating group) is 1. The number of esters is 1. The fourth-order valence-corrected chi connectivity index (χ4v) is 3.23. The number of sulfonamides is 1. The Labute approximate surface area is 155 Å². The van der Waals surface area contributed by atoms with Crippen molar-refractivity contribution >= 4 is 38.4 Å². The Balaban J connectivity index is 2.27. The van der Waals surface area contributed by atoms with E-state index in [-0.39, 0.29) is 23.2 Å². The van der Waals surface area contributed by atoms with Gasteiger partial charge in [0.05, 0.1) is 25.1 Å². The maximum Gasteiger partial charge on any atom is 0.350 e. The van der Waals surface area contributed by atoms with Gasteiger partial charge in [0.1, 0.15) is 4.88 Å². The first-order chi connectivity index (χ1) is 12.2. The Hall–Kier alpha value is -2.30. The zero-order valence-corrected chi connectivity index (χ0v) is 16.2. The highest BCUT2D eigenvalue weighted by Gasteiger charge is 2.22. The van der Waals surface area contributed by atoms with Crippen molar-refractivity contribution < 1.29 is 22.7 Å². The first-order valence-corrected chi connectivity index (χ1v) is 10.3. The standard InChI is InChI=1S/C16H19N3O5S2/c1-4-24-15(21)14-13(11-8-6-5-7-9-11)18-16(25-14)17-12(20)10-19(2)26(3,22)23/h5-9H,4,10H2,1-3H3,(H,17,18,20). The van der Waals surface area contributed by atoms with Crippen molar-refractivity contribution in [3.05, 3.63) is 35.2 Å². The van der Waals surface area contributed by atoms with Crippen LogP contribution in [0.25, 0.3) is 11.3 Å². The third kappa shape index (κ3) is 5.10. The van der Waals surface area contributed by atoms with Gasteiger partial charge in [-0.2, -0.15) is 4.31 Å². The van der Waals surface area contributed by atoms with Crippen molar-refractivity contribution in [2.75, 3.05) is 31.8 Å². The Morgan fingerprint density at radius 2 is 1.92 bits per heavy atom. The van der Waals surface area contributed by atoms with Gasteiger partial charge in [-0.25, -0.2) is 18.2 Å². The van der Waals surface area contributed by atoms with Crippen LogP contribution in [0.15, 0.2) is 30.3 Å². The van der Waals surface area contributed by atoms with Crippen LogP contribution in [0.4, 0.5) is 5.13 Å². The van der Waals surface area contributed by atoms with Gasteiger partial charge in [0, 0.05) is 12.6 Å². The van der Waals surface area contributed by atoms with E-state index >= 15 is 0 Å². The number of aromatic nitrogens is 1. The molecule has 26 heavy (non-hydrogen) atoms. The van der Waals surface area contributed by atoms with E-state index in [0.717, 1.165) is 21.9 Å². The Kier molecular flexibility index (Phi) is 6.46. The third-order valence-electron chi connectivity index (χ3n) is 3.31. The summed E-state index contributed by atoms with van der Waals surface area (Å²) in [4.78, 5) is 28.8. The zero-order valence-electron chi connectivity index (χ0n) is 14.6. The monoisotopic (exact) mass is 397 g/mol. The van der Waals surface area contributed by atoms with Crippen molar-refractivity contribution in [3.8, 4) is 11.3 Å². The van der Waals surface area contributed by atoms with E-state index in [1.54, 1.807) is 19.1 Å². The van der Waals surface area contributed by atoms with E-state index in [1.807, 2.05) is 18.2 Å². The van der Waals surface area contributed by atoms with Gasteiger partial charge in [0.2, 0.25) is 15.9 Å². The number of nitrogens with one attached hydrogen (secondary N) is 1.